The molecule has 0 spiro atoms. The molecule has 1 N–H and O–H groups in total. The number of rotatable bonds is 4. The minimum Gasteiger partial charge on any atom is -0.261 e. The van der Waals surface area contributed by atoms with E-state index in [0.717, 1.165) is 24.1 Å². The number of aromatic nitrogens is 1. The zero-order chi connectivity index (χ0) is 13.9. The Morgan fingerprint density at radius 3 is 2.37 bits per heavy atom. The van der Waals surface area contributed by atoms with E-state index in [4.69, 9.17) is 0 Å². The van der Waals surface area contributed by atoms with Gasteiger partial charge in [-0.05, 0) is 31.2 Å². The topological polar surface area (TPSA) is 68.3 Å². The summed E-state index contributed by atoms with van der Waals surface area (Å²) in [6, 6.07) is 12.7. The molecule has 100 valence electrons. The van der Waals surface area contributed by atoms with Crippen LogP contribution in [0, 0.1) is 6.92 Å². The van der Waals surface area contributed by atoms with E-state index in [9.17, 15) is 8.42 Å². The van der Waals surface area contributed by atoms with Gasteiger partial charge in [-0.15, -0.1) is 0 Å². The number of pyridine rings is 1. The van der Waals surface area contributed by atoms with Crippen LogP contribution in [-0.2, 0) is 14.5 Å². The molecule has 1 aromatic heterocycles. The first-order valence-corrected chi connectivity index (χ1v) is 7.03. The van der Waals surface area contributed by atoms with E-state index in [1.165, 1.54) is 0 Å². The average Bonchev–Trinajstić information content (AvgIpc) is 2.39. The summed E-state index contributed by atoms with van der Waals surface area (Å²) in [5, 5.41) is 0. The van der Waals surface area contributed by atoms with Gasteiger partial charge in [-0.25, -0.2) is 0 Å². The van der Waals surface area contributed by atoms with Gasteiger partial charge in [0.25, 0.3) is 0 Å². The molecule has 0 saturated carbocycles. The van der Waals surface area contributed by atoms with E-state index >= 15 is 0 Å². The Labute approximate surface area is 112 Å². The van der Waals surface area contributed by atoms with Crippen molar-refractivity contribution in [3.05, 3.63) is 48.2 Å². The first-order valence-electron chi connectivity index (χ1n) is 5.62. The van der Waals surface area contributed by atoms with Gasteiger partial charge in [0.1, 0.15) is 0 Å². The summed E-state index contributed by atoms with van der Waals surface area (Å²) in [6.45, 7) is 1.92. The fraction of sp³-hybridized carbons (Fsp3) is 0.154. The number of nitrogens with zero attached hydrogens (tertiary/aromatic N) is 1. The number of anilines is 1. The minimum absolute atomic E-state index is 0.443. The van der Waals surface area contributed by atoms with Crippen LogP contribution in [0.15, 0.2) is 42.5 Å². The van der Waals surface area contributed by atoms with Crippen molar-refractivity contribution < 1.29 is 12.6 Å². The molecule has 2 aromatic rings. The molecule has 0 amide bonds. The Hall–Kier alpha value is -1.92. The maximum atomic E-state index is 11.2. The molecule has 0 fully saturated rings. The van der Waals surface area contributed by atoms with Gasteiger partial charge in [0, 0.05) is 11.3 Å². The lowest BCUT2D eigenvalue weighted by molar-refractivity contribution is 0.402. The Balaban J connectivity index is 2.24. The first-order chi connectivity index (χ1) is 9.00. The highest BCUT2D eigenvalue weighted by atomic mass is 32.2. The minimum atomic E-state index is -3.72. The maximum Gasteiger partial charge on any atom is 0.359 e. The number of benzene rings is 1. The second-order valence-electron chi connectivity index (χ2n) is 3.96. The van der Waals surface area contributed by atoms with Crippen LogP contribution >= 0.6 is 0 Å². The van der Waals surface area contributed by atoms with Gasteiger partial charge in [0.15, 0.2) is 0 Å². The van der Waals surface area contributed by atoms with E-state index in [0.29, 0.717) is 5.69 Å². The number of hydrogen-bond acceptors (Lipinski definition) is 4. The lowest BCUT2D eigenvalue weighted by Gasteiger charge is -2.06. The number of aryl methyl sites for hydroxylation is 1. The van der Waals surface area contributed by atoms with Crippen LogP contribution in [0.25, 0.3) is 11.3 Å². The van der Waals surface area contributed by atoms with Crippen molar-refractivity contribution in [2.45, 2.75) is 6.92 Å². The zero-order valence-electron chi connectivity index (χ0n) is 10.6. The lowest BCUT2D eigenvalue weighted by atomic mass is 10.1. The summed E-state index contributed by atoms with van der Waals surface area (Å²) in [5.41, 5.74) is 3.14. The summed E-state index contributed by atoms with van der Waals surface area (Å²) >= 11 is 0. The molecule has 2 rings (SSSR count). The van der Waals surface area contributed by atoms with Crippen molar-refractivity contribution in [3.8, 4) is 11.3 Å². The SMILES string of the molecule is COS(=O)(=O)Nc1ccc(-c2cccc(C)n2)cc1. The molecule has 19 heavy (non-hydrogen) atoms. The summed E-state index contributed by atoms with van der Waals surface area (Å²) in [6.07, 6.45) is 0. The van der Waals surface area contributed by atoms with E-state index in [2.05, 4.69) is 13.9 Å². The third-order valence-corrected chi connectivity index (χ3v) is 3.46. The molecule has 6 heteroatoms. The number of nitrogens with one attached hydrogen (secondary N) is 1. The van der Waals surface area contributed by atoms with Crippen LogP contribution < -0.4 is 4.72 Å². The molecule has 0 aliphatic heterocycles. The molecular weight excluding hydrogens is 264 g/mol. The van der Waals surface area contributed by atoms with Crippen molar-refractivity contribution in [2.24, 2.45) is 0 Å². The van der Waals surface area contributed by atoms with E-state index in [-0.39, 0.29) is 0 Å². The monoisotopic (exact) mass is 278 g/mol. The smallest absolute Gasteiger partial charge is 0.261 e. The summed E-state index contributed by atoms with van der Waals surface area (Å²) < 4.78 is 29.1. The van der Waals surface area contributed by atoms with Gasteiger partial charge in [0.2, 0.25) is 0 Å². The maximum absolute atomic E-state index is 11.2. The molecule has 0 atom stereocenters. The lowest BCUT2D eigenvalue weighted by Crippen LogP contribution is -2.13. The molecule has 0 aliphatic rings. The molecule has 0 unspecified atom stereocenters. The second kappa shape index (κ2) is 5.38. The van der Waals surface area contributed by atoms with Gasteiger partial charge in [-0.1, -0.05) is 18.2 Å². The summed E-state index contributed by atoms with van der Waals surface area (Å²) in [4.78, 5) is 4.40. The Kier molecular flexibility index (Phi) is 3.82. The van der Waals surface area contributed by atoms with Crippen molar-refractivity contribution in [1.82, 2.24) is 4.98 Å². The van der Waals surface area contributed by atoms with Crippen LogP contribution in [0.3, 0.4) is 0 Å². The Bertz CT molecular complexity index is 667. The Morgan fingerprint density at radius 1 is 1.11 bits per heavy atom. The highest BCUT2D eigenvalue weighted by molar-refractivity contribution is 7.88. The molecule has 0 aliphatic carbocycles. The van der Waals surface area contributed by atoms with E-state index in [1.807, 2.05) is 25.1 Å². The van der Waals surface area contributed by atoms with Gasteiger partial charge in [0.05, 0.1) is 18.5 Å². The van der Waals surface area contributed by atoms with Gasteiger partial charge in [-0.3, -0.25) is 13.9 Å². The first kappa shape index (κ1) is 13.5. The largest absolute Gasteiger partial charge is 0.359 e. The molecule has 1 heterocycles. The third kappa shape index (κ3) is 3.52. The van der Waals surface area contributed by atoms with Crippen LogP contribution in [0.5, 0.6) is 0 Å². The summed E-state index contributed by atoms with van der Waals surface area (Å²) in [7, 11) is -2.62. The van der Waals surface area contributed by atoms with Crippen molar-refractivity contribution in [1.29, 1.82) is 0 Å². The van der Waals surface area contributed by atoms with E-state index < -0.39 is 10.3 Å². The Morgan fingerprint density at radius 2 is 1.79 bits per heavy atom. The van der Waals surface area contributed by atoms with E-state index in [1.54, 1.807) is 24.3 Å². The molecule has 0 radical (unpaired) electrons. The molecule has 1 aromatic carbocycles. The molecule has 0 saturated heterocycles. The van der Waals surface area contributed by atoms with Crippen LogP contribution in [0.1, 0.15) is 5.69 Å². The summed E-state index contributed by atoms with van der Waals surface area (Å²) in [5.74, 6) is 0. The molecular formula is C13H14N2O3S. The van der Waals surface area contributed by atoms with Crippen LogP contribution in [-0.4, -0.2) is 20.5 Å². The predicted octanol–water partition coefficient (Wildman–Crippen LogP) is 2.36. The normalized spacial score (nSPS) is 11.3. The van der Waals surface area contributed by atoms with Crippen molar-refractivity contribution in [2.75, 3.05) is 11.8 Å². The quantitative estimate of drug-likeness (QED) is 0.932. The molecule has 5 nitrogen and oxygen atoms in total. The standard InChI is InChI=1S/C13H14N2O3S/c1-10-4-3-5-13(14-10)11-6-8-12(9-7-11)15-19(16,17)18-2/h3-9,15H,1-2H3. The second-order valence-corrected chi connectivity index (χ2v) is 5.41. The highest BCUT2D eigenvalue weighted by Crippen LogP contribution is 2.20. The van der Waals surface area contributed by atoms with Crippen LogP contribution in [0.4, 0.5) is 5.69 Å². The number of hydrogen-bond donors (Lipinski definition) is 1. The highest BCUT2D eigenvalue weighted by Gasteiger charge is 2.07. The van der Waals surface area contributed by atoms with Gasteiger partial charge < -0.3 is 0 Å². The average molecular weight is 278 g/mol. The van der Waals surface area contributed by atoms with Crippen molar-refractivity contribution in [3.63, 3.8) is 0 Å². The van der Waals surface area contributed by atoms with Gasteiger partial charge >= 0.3 is 10.3 Å². The van der Waals surface area contributed by atoms with Crippen LogP contribution in [0.2, 0.25) is 0 Å². The fourth-order valence-corrected chi connectivity index (χ4v) is 2.11. The van der Waals surface area contributed by atoms with Gasteiger partial charge in [-0.2, -0.15) is 8.42 Å². The fourth-order valence-electron chi connectivity index (χ4n) is 1.60. The predicted molar refractivity (Wildman–Crippen MR) is 74.0 cm³/mol. The zero-order valence-corrected chi connectivity index (χ0v) is 11.4. The van der Waals surface area contributed by atoms with Crippen molar-refractivity contribution >= 4 is 16.0 Å². The third-order valence-electron chi connectivity index (χ3n) is 2.53. The molecule has 0 bridgehead atoms.